The first-order valence-corrected chi connectivity index (χ1v) is 6.74. The van der Waals surface area contributed by atoms with Gasteiger partial charge in [0.15, 0.2) is 5.84 Å². The summed E-state index contributed by atoms with van der Waals surface area (Å²) in [5.74, 6) is 0.00659. The standard InChI is InChI=1S/C13H17ClN4O2/c14-11-5-8(13(15)18-20)1-2-9(11)6-16-7-12(19)17-10-3-4-10/h1-2,5,10,16,20H,3-4,6-7H2,(H2,15,18)(H,17,19). The van der Waals surface area contributed by atoms with E-state index in [1.54, 1.807) is 18.2 Å². The van der Waals surface area contributed by atoms with Crippen LogP contribution in [0.25, 0.3) is 0 Å². The van der Waals surface area contributed by atoms with Gasteiger partial charge in [0.1, 0.15) is 0 Å². The lowest BCUT2D eigenvalue weighted by atomic mass is 10.1. The summed E-state index contributed by atoms with van der Waals surface area (Å²) in [4.78, 5) is 11.5. The number of halogens is 1. The van der Waals surface area contributed by atoms with Crippen molar-refractivity contribution in [1.82, 2.24) is 10.6 Å². The highest BCUT2D eigenvalue weighted by Gasteiger charge is 2.22. The summed E-state index contributed by atoms with van der Waals surface area (Å²) in [6.45, 7) is 0.738. The van der Waals surface area contributed by atoms with Gasteiger partial charge in [-0.05, 0) is 24.5 Å². The summed E-state index contributed by atoms with van der Waals surface area (Å²) >= 11 is 6.11. The maximum Gasteiger partial charge on any atom is 0.234 e. The zero-order valence-electron chi connectivity index (χ0n) is 10.9. The van der Waals surface area contributed by atoms with E-state index >= 15 is 0 Å². The van der Waals surface area contributed by atoms with E-state index in [4.69, 9.17) is 22.5 Å². The molecule has 0 atom stereocenters. The van der Waals surface area contributed by atoms with E-state index in [1.165, 1.54) is 0 Å². The molecule has 5 N–H and O–H groups in total. The maximum absolute atomic E-state index is 11.5. The fourth-order valence-corrected chi connectivity index (χ4v) is 1.97. The summed E-state index contributed by atoms with van der Waals surface area (Å²) in [5, 5.41) is 17.9. The second-order valence-electron chi connectivity index (χ2n) is 4.74. The minimum atomic E-state index is -0.00287. The Labute approximate surface area is 122 Å². The van der Waals surface area contributed by atoms with Gasteiger partial charge >= 0.3 is 0 Å². The number of hydrogen-bond donors (Lipinski definition) is 4. The molecule has 7 heteroatoms. The van der Waals surface area contributed by atoms with Crippen molar-refractivity contribution in [2.45, 2.75) is 25.4 Å². The molecule has 1 amide bonds. The van der Waals surface area contributed by atoms with Gasteiger partial charge in [-0.2, -0.15) is 0 Å². The van der Waals surface area contributed by atoms with Crippen LogP contribution in [0.1, 0.15) is 24.0 Å². The number of carbonyl (C=O) groups is 1. The van der Waals surface area contributed by atoms with Crippen molar-refractivity contribution < 1.29 is 10.0 Å². The highest BCUT2D eigenvalue weighted by Crippen LogP contribution is 2.19. The molecule has 1 aromatic carbocycles. The van der Waals surface area contributed by atoms with Gasteiger partial charge in [0, 0.05) is 23.2 Å². The molecule has 1 fully saturated rings. The van der Waals surface area contributed by atoms with E-state index in [-0.39, 0.29) is 18.3 Å². The van der Waals surface area contributed by atoms with Gasteiger partial charge in [0.2, 0.25) is 5.91 Å². The zero-order valence-corrected chi connectivity index (χ0v) is 11.7. The molecule has 1 aliphatic rings. The SMILES string of the molecule is N/C(=N/O)c1ccc(CNCC(=O)NC2CC2)c(Cl)c1. The van der Waals surface area contributed by atoms with Crippen molar-refractivity contribution in [3.63, 3.8) is 0 Å². The summed E-state index contributed by atoms with van der Waals surface area (Å²) in [6, 6.07) is 5.48. The first kappa shape index (κ1) is 14.6. The van der Waals surface area contributed by atoms with Crippen LogP contribution in [-0.2, 0) is 11.3 Å². The van der Waals surface area contributed by atoms with Crippen molar-refractivity contribution >= 4 is 23.3 Å². The number of benzene rings is 1. The van der Waals surface area contributed by atoms with Crippen LogP contribution < -0.4 is 16.4 Å². The van der Waals surface area contributed by atoms with Crippen LogP contribution in [0.5, 0.6) is 0 Å². The molecular formula is C13H17ClN4O2. The first-order valence-electron chi connectivity index (χ1n) is 6.36. The quantitative estimate of drug-likeness (QED) is 0.270. The van der Waals surface area contributed by atoms with Crippen LogP contribution in [0, 0.1) is 0 Å². The summed E-state index contributed by atoms with van der Waals surface area (Å²) in [5.41, 5.74) is 6.87. The lowest BCUT2D eigenvalue weighted by Gasteiger charge is -2.08. The predicted octanol–water partition coefficient (Wildman–Crippen LogP) is 0.803. The van der Waals surface area contributed by atoms with Gasteiger partial charge < -0.3 is 21.6 Å². The smallest absolute Gasteiger partial charge is 0.234 e. The number of nitrogens with one attached hydrogen (secondary N) is 2. The molecule has 0 saturated heterocycles. The van der Waals surface area contributed by atoms with Crippen molar-refractivity contribution in [3.8, 4) is 0 Å². The molecule has 1 saturated carbocycles. The number of amides is 1. The zero-order chi connectivity index (χ0) is 14.5. The molecule has 0 unspecified atom stereocenters. The molecule has 1 aliphatic carbocycles. The molecule has 0 bridgehead atoms. The highest BCUT2D eigenvalue weighted by molar-refractivity contribution is 6.31. The van der Waals surface area contributed by atoms with Crippen molar-refractivity contribution in [2.75, 3.05) is 6.54 Å². The number of carbonyl (C=O) groups excluding carboxylic acids is 1. The second-order valence-corrected chi connectivity index (χ2v) is 5.14. The predicted molar refractivity (Wildman–Crippen MR) is 76.8 cm³/mol. The Morgan fingerprint density at radius 3 is 2.85 bits per heavy atom. The lowest BCUT2D eigenvalue weighted by Crippen LogP contribution is -2.34. The molecule has 2 rings (SSSR count). The van der Waals surface area contributed by atoms with E-state index in [1.807, 2.05) is 0 Å². The summed E-state index contributed by atoms with van der Waals surface area (Å²) < 4.78 is 0. The fourth-order valence-electron chi connectivity index (χ4n) is 1.72. The summed E-state index contributed by atoms with van der Waals surface area (Å²) in [7, 11) is 0. The lowest BCUT2D eigenvalue weighted by molar-refractivity contribution is -0.120. The van der Waals surface area contributed by atoms with Gasteiger partial charge in [-0.3, -0.25) is 4.79 Å². The van der Waals surface area contributed by atoms with Gasteiger partial charge in [-0.15, -0.1) is 0 Å². The Kier molecular flexibility index (Phi) is 4.81. The van der Waals surface area contributed by atoms with E-state index in [0.29, 0.717) is 23.2 Å². The van der Waals surface area contributed by atoms with Crippen LogP contribution >= 0.6 is 11.6 Å². The van der Waals surface area contributed by atoms with E-state index < -0.39 is 0 Å². The number of hydrogen-bond acceptors (Lipinski definition) is 4. The monoisotopic (exact) mass is 296 g/mol. The number of nitrogens with two attached hydrogens (primary N) is 1. The largest absolute Gasteiger partial charge is 0.409 e. The third-order valence-corrected chi connectivity index (χ3v) is 3.35. The Morgan fingerprint density at radius 2 is 2.25 bits per heavy atom. The highest BCUT2D eigenvalue weighted by atomic mass is 35.5. The number of oxime groups is 1. The normalized spacial score (nSPS) is 15.2. The third-order valence-electron chi connectivity index (χ3n) is 3.00. The molecule has 1 aromatic rings. The average molecular weight is 297 g/mol. The second kappa shape index (κ2) is 6.58. The molecule has 0 aliphatic heterocycles. The molecule has 0 radical (unpaired) electrons. The molecular weight excluding hydrogens is 280 g/mol. The van der Waals surface area contributed by atoms with Crippen LogP contribution in [0.2, 0.25) is 5.02 Å². The number of nitrogens with zero attached hydrogens (tertiary/aromatic N) is 1. The van der Waals surface area contributed by atoms with Gasteiger partial charge in [0.05, 0.1) is 6.54 Å². The average Bonchev–Trinajstić information content (AvgIpc) is 3.23. The minimum Gasteiger partial charge on any atom is -0.409 e. The Hall–Kier alpha value is -1.79. The first-order chi connectivity index (χ1) is 9.60. The Morgan fingerprint density at radius 1 is 1.50 bits per heavy atom. The van der Waals surface area contributed by atoms with Crippen LogP contribution in [-0.4, -0.2) is 29.5 Å². The molecule has 0 spiro atoms. The number of rotatable bonds is 6. The molecule has 108 valence electrons. The van der Waals surface area contributed by atoms with Crippen molar-refractivity contribution in [1.29, 1.82) is 0 Å². The maximum atomic E-state index is 11.5. The van der Waals surface area contributed by atoms with E-state index in [9.17, 15) is 4.79 Å². The van der Waals surface area contributed by atoms with E-state index in [2.05, 4.69) is 15.8 Å². The molecule has 6 nitrogen and oxygen atoms in total. The van der Waals surface area contributed by atoms with Gasteiger partial charge in [-0.25, -0.2) is 0 Å². The minimum absolute atomic E-state index is 0.00287. The van der Waals surface area contributed by atoms with Gasteiger partial charge in [0.25, 0.3) is 0 Å². The van der Waals surface area contributed by atoms with Crippen molar-refractivity contribution in [3.05, 3.63) is 34.3 Å². The van der Waals surface area contributed by atoms with Crippen LogP contribution in [0.4, 0.5) is 0 Å². The fraction of sp³-hybridized carbons (Fsp3) is 0.385. The van der Waals surface area contributed by atoms with Crippen LogP contribution in [0.15, 0.2) is 23.4 Å². The number of amidine groups is 1. The van der Waals surface area contributed by atoms with Gasteiger partial charge in [-0.1, -0.05) is 28.9 Å². The molecule has 20 heavy (non-hydrogen) atoms. The Bertz CT molecular complexity index is 529. The molecule has 0 heterocycles. The van der Waals surface area contributed by atoms with Crippen LogP contribution in [0.3, 0.4) is 0 Å². The Balaban J connectivity index is 1.84. The molecule has 0 aromatic heterocycles. The third kappa shape index (κ3) is 4.11. The summed E-state index contributed by atoms with van der Waals surface area (Å²) in [6.07, 6.45) is 2.15. The van der Waals surface area contributed by atoms with Crippen molar-refractivity contribution in [2.24, 2.45) is 10.9 Å². The topological polar surface area (TPSA) is 99.7 Å². The van der Waals surface area contributed by atoms with E-state index in [0.717, 1.165) is 18.4 Å².